The molecule has 0 unspecified atom stereocenters. The number of phenols is 1. The fourth-order valence-electron chi connectivity index (χ4n) is 4.37. The molecule has 1 fully saturated rings. The topological polar surface area (TPSA) is 186 Å². The van der Waals surface area contributed by atoms with Crippen molar-refractivity contribution < 1.29 is 49.3 Å². The number of carboxylic acid groups (broad SMARTS) is 1. The lowest BCUT2D eigenvalue weighted by molar-refractivity contribution is -0.236. The van der Waals surface area contributed by atoms with Gasteiger partial charge in [-0.25, -0.2) is 9.48 Å². The molecule has 1 aliphatic rings. The smallest absolute Gasteiger partial charge is 0.328 e. The van der Waals surface area contributed by atoms with Crippen LogP contribution in [0.1, 0.15) is 29.0 Å². The zero-order valence-corrected chi connectivity index (χ0v) is 21.3. The van der Waals surface area contributed by atoms with Crippen molar-refractivity contribution in [1.29, 1.82) is 0 Å². The van der Waals surface area contributed by atoms with Gasteiger partial charge in [-0.3, -0.25) is 0 Å². The fourth-order valence-corrected chi connectivity index (χ4v) is 4.37. The van der Waals surface area contributed by atoms with Gasteiger partial charge < -0.3 is 44.5 Å². The van der Waals surface area contributed by atoms with Crippen molar-refractivity contribution in [3.8, 4) is 17.2 Å². The normalized spacial score (nSPS) is 23.8. The third kappa shape index (κ3) is 6.46. The van der Waals surface area contributed by atoms with Crippen LogP contribution in [-0.2, 0) is 27.3 Å². The Labute approximate surface area is 223 Å². The van der Waals surface area contributed by atoms with Crippen molar-refractivity contribution >= 4 is 5.97 Å². The van der Waals surface area contributed by atoms with E-state index in [0.717, 1.165) is 0 Å². The van der Waals surface area contributed by atoms with Gasteiger partial charge in [-0.05, 0) is 35.9 Å². The van der Waals surface area contributed by atoms with Crippen LogP contribution in [0.4, 0.5) is 0 Å². The van der Waals surface area contributed by atoms with E-state index in [9.17, 15) is 30.3 Å². The summed E-state index contributed by atoms with van der Waals surface area (Å²) < 4.78 is 23.4. The van der Waals surface area contributed by atoms with E-state index in [0.29, 0.717) is 28.3 Å². The van der Waals surface area contributed by atoms with Crippen molar-refractivity contribution in [1.82, 2.24) is 15.0 Å². The minimum absolute atomic E-state index is 0.0776. The van der Waals surface area contributed by atoms with Crippen LogP contribution in [0.3, 0.4) is 0 Å². The molecule has 1 aromatic heterocycles. The molecule has 3 aromatic rings. The molecule has 210 valence electrons. The highest BCUT2D eigenvalue weighted by Crippen LogP contribution is 2.38. The van der Waals surface area contributed by atoms with Gasteiger partial charge in [-0.1, -0.05) is 17.3 Å². The van der Waals surface area contributed by atoms with Crippen molar-refractivity contribution in [3.05, 3.63) is 65.5 Å². The Balaban J connectivity index is 1.41. The van der Waals surface area contributed by atoms with Gasteiger partial charge in [0.2, 0.25) is 0 Å². The Hall–Kier alpha value is -3.75. The lowest BCUT2D eigenvalue weighted by atomic mass is 9.90. The van der Waals surface area contributed by atoms with E-state index in [1.54, 1.807) is 30.3 Å². The minimum atomic E-state index is -1.52. The van der Waals surface area contributed by atoms with Gasteiger partial charge in [0.1, 0.15) is 53.5 Å². The molecule has 2 aromatic carbocycles. The average molecular weight is 546 g/mol. The Kier molecular flexibility index (Phi) is 8.99. The first-order chi connectivity index (χ1) is 18.7. The maximum atomic E-state index is 11.9. The summed E-state index contributed by atoms with van der Waals surface area (Å²) in [6, 6.07) is 10.1. The molecule has 1 aliphatic heterocycles. The van der Waals surface area contributed by atoms with Crippen LogP contribution in [0.2, 0.25) is 0 Å². The zero-order valence-electron chi connectivity index (χ0n) is 21.3. The molecule has 0 saturated carbocycles. The molecular weight excluding hydrogens is 514 g/mol. The van der Waals surface area contributed by atoms with Gasteiger partial charge in [0.15, 0.2) is 6.04 Å². The molecular formula is C26H31N3O10. The maximum absolute atomic E-state index is 11.9. The number of carbonyl (C=O) groups is 1. The van der Waals surface area contributed by atoms with E-state index in [1.165, 1.54) is 37.2 Å². The van der Waals surface area contributed by atoms with Crippen LogP contribution < -0.4 is 9.47 Å². The second kappa shape index (κ2) is 12.4. The number of hydrogen-bond acceptors (Lipinski definition) is 11. The summed E-state index contributed by atoms with van der Waals surface area (Å²) in [5.41, 5.74) is 1.46. The highest BCUT2D eigenvalue weighted by Gasteiger charge is 2.45. The number of methoxy groups -OCH3 is 2. The van der Waals surface area contributed by atoms with Gasteiger partial charge in [-0.15, -0.1) is 5.10 Å². The van der Waals surface area contributed by atoms with Gasteiger partial charge in [0.25, 0.3) is 0 Å². The van der Waals surface area contributed by atoms with E-state index in [2.05, 4.69) is 10.3 Å². The molecule has 0 amide bonds. The summed E-state index contributed by atoms with van der Waals surface area (Å²) in [4.78, 5) is 11.9. The molecule has 13 nitrogen and oxygen atoms in total. The van der Waals surface area contributed by atoms with E-state index in [-0.39, 0.29) is 25.4 Å². The first kappa shape index (κ1) is 28.3. The van der Waals surface area contributed by atoms with Crippen molar-refractivity contribution in [3.63, 3.8) is 0 Å². The van der Waals surface area contributed by atoms with Gasteiger partial charge in [0.05, 0.1) is 33.6 Å². The van der Waals surface area contributed by atoms with Crippen molar-refractivity contribution in [2.45, 2.75) is 49.6 Å². The number of ether oxygens (including phenoxy) is 4. The molecule has 5 N–H and O–H groups in total. The summed E-state index contributed by atoms with van der Waals surface area (Å²) >= 11 is 0. The molecule has 0 bridgehead atoms. The summed E-state index contributed by atoms with van der Waals surface area (Å²) in [5, 5.41) is 58.7. The number of nitrogens with zero attached hydrogens (tertiary/aromatic N) is 3. The third-order valence-electron chi connectivity index (χ3n) is 6.52. The molecule has 39 heavy (non-hydrogen) atoms. The second-order valence-electron chi connectivity index (χ2n) is 9.10. The van der Waals surface area contributed by atoms with E-state index in [1.807, 2.05) is 0 Å². The highest BCUT2D eigenvalue weighted by molar-refractivity contribution is 5.72. The summed E-state index contributed by atoms with van der Waals surface area (Å²) in [7, 11) is 2.94. The number of aromatic nitrogens is 3. The maximum Gasteiger partial charge on any atom is 0.328 e. The van der Waals surface area contributed by atoms with Crippen LogP contribution in [-0.4, -0.2) is 91.7 Å². The molecule has 0 spiro atoms. The molecule has 4 rings (SSSR count). The van der Waals surface area contributed by atoms with Gasteiger partial charge >= 0.3 is 5.97 Å². The van der Waals surface area contributed by atoms with Crippen LogP contribution in [0.25, 0.3) is 0 Å². The monoisotopic (exact) mass is 545 g/mol. The van der Waals surface area contributed by atoms with Crippen molar-refractivity contribution in [2.75, 3.05) is 20.8 Å². The largest absolute Gasteiger partial charge is 0.508 e. The summed E-state index contributed by atoms with van der Waals surface area (Å²) in [6.45, 7) is -0.250. The number of rotatable bonds is 11. The van der Waals surface area contributed by atoms with E-state index < -0.39 is 42.5 Å². The number of aliphatic carboxylic acids is 1. The first-order valence-electron chi connectivity index (χ1n) is 12.1. The molecule has 13 heteroatoms. The number of aromatic hydroxyl groups is 1. The Bertz CT molecular complexity index is 1250. The first-order valence-corrected chi connectivity index (χ1v) is 12.1. The average Bonchev–Trinajstić information content (AvgIpc) is 3.40. The second-order valence-corrected chi connectivity index (χ2v) is 9.10. The Morgan fingerprint density at radius 1 is 1.05 bits per heavy atom. The lowest BCUT2D eigenvalue weighted by Crippen LogP contribution is -2.55. The number of hydrogen-bond donors (Lipinski definition) is 5. The zero-order chi connectivity index (χ0) is 28.1. The lowest BCUT2D eigenvalue weighted by Gasteiger charge is -2.41. The van der Waals surface area contributed by atoms with E-state index >= 15 is 0 Å². The molecule has 0 aliphatic carbocycles. The Morgan fingerprint density at radius 2 is 1.79 bits per heavy atom. The standard InChI is InChI=1S/C26H31N3O10/c1-36-17-7-8-20(37-2)18(10-17)25-24(33)23(32)22(31)21(39-25)13-38-12-15-11-29(28-27-15)19(26(34)35)9-14-3-5-16(30)6-4-14/h3-8,10-11,19,21-25,30-33H,9,12-13H2,1-2H3,(H,34,35)/t19-,21+,22+,23-,24+,25-/m0/s1. The number of aliphatic hydroxyl groups is 3. The van der Waals surface area contributed by atoms with Crippen LogP contribution in [0.15, 0.2) is 48.7 Å². The summed E-state index contributed by atoms with van der Waals surface area (Å²) in [6.07, 6.45) is -4.90. The predicted octanol–water partition coefficient (Wildman–Crippen LogP) is 0.609. The van der Waals surface area contributed by atoms with Gasteiger partial charge in [-0.2, -0.15) is 0 Å². The number of phenolic OH excluding ortho intramolecular Hbond substituents is 1. The van der Waals surface area contributed by atoms with Crippen LogP contribution in [0.5, 0.6) is 17.2 Å². The number of carboxylic acids is 1. The third-order valence-corrected chi connectivity index (χ3v) is 6.52. The highest BCUT2D eigenvalue weighted by atomic mass is 16.6. The van der Waals surface area contributed by atoms with Crippen LogP contribution >= 0.6 is 0 Å². The quantitative estimate of drug-likeness (QED) is 0.226. The predicted molar refractivity (Wildman–Crippen MR) is 133 cm³/mol. The molecule has 1 saturated heterocycles. The van der Waals surface area contributed by atoms with Crippen molar-refractivity contribution in [2.24, 2.45) is 0 Å². The van der Waals surface area contributed by atoms with E-state index in [4.69, 9.17) is 18.9 Å². The SMILES string of the molecule is COc1ccc(OC)c([C@@H]2O[C@H](COCc3cn([C@@H](Cc4ccc(O)cc4)C(=O)O)nn3)[C@@H](O)[C@H](O)[C@H]2O)c1. The minimum Gasteiger partial charge on any atom is -0.508 e. The molecule has 0 radical (unpaired) electrons. The fraction of sp³-hybridized carbons (Fsp3) is 0.423. The number of benzene rings is 2. The molecule has 6 atom stereocenters. The molecule has 2 heterocycles. The summed E-state index contributed by atoms with van der Waals surface area (Å²) in [5.74, 6) is -0.136. The Morgan fingerprint density at radius 3 is 2.46 bits per heavy atom. The number of aliphatic hydroxyl groups excluding tert-OH is 3. The van der Waals surface area contributed by atoms with Gasteiger partial charge in [0, 0.05) is 12.0 Å². The van der Waals surface area contributed by atoms with Crippen LogP contribution in [0, 0.1) is 0 Å².